The molecule has 1 aliphatic rings. The van der Waals surface area contributed by atoms with E-state index in [4.69, 9.17) is 16.3 Å². The zero-order valence-corrected chi connectivity index (χ0v) is 12.1. The van der Waals surface area contributed by atoms with Crippen LogP contribution in [0.3, 0.4) is 0 Å². The van der Waals surface area contributed by atoms with Gasteiger partial charge in [-0.15, -0.1) is 0 Å². The highest BCUT2D eigenvalue weighted by molar-refractivity contribution is 6.30. The van der Waals surface area contributed by atoms with E-state index in [9.17, 15) is 0 Å². The van der Waals surface area contributed by atoms with Crippen molar-refractivity contribution in [3.63, 3.8) is 0 Å². The highest BCUT2D eigenvalue weighted by Gasteiger charge is 2.21. The highest BCUT2D eigenvalue weighted by atomic mass is 35.5. The first-order chi connectivity index (χ1) is 9.76. The van der Waals surface area contributed by atoms with Crippen molar-refractivity contribution in [1.82, 2.24) is 0 Å². The van der Waals surface area contributed by atoms with E-state index in [0.29, 0.717) is 5.92 Å². The van der Waals surface area contributed by atoms with E-state index in [0.717, 1.165) is 23.7 Å². The number of benzene rings is 2. The molecule has 0 saturated carbocycles. The van der Waals surface area contributed by atoms with Crippen molar-refractivity contribution in [1.29, 1.82) is 0 Å². The summed E-state index contributed by atoms with van der Waals surface area (Å²) < 4.78 is 5.19. The summed E-state index contributed by atoms with van der Waals surface area (Å²) in [7, 11) is 1.69. The minimum Gasteiger partial charge on any atom is -0.497 e. The Bertz CT molecular complexity index is 616. The lowest BCUT2D eigenvalue weighted by Gasteiger charge is -2.10. The van der Waals surface area contributed by atoms with Gasteiger partial charge in [-0.1, -0.05) is 35.9 Å². The lowest BCUT2D eigenvalue weighted by Crippen LogP contribution is -2.02. The minimum absolute atomic E-state index is 0.464. The zero-order valence-electron chi connectivity index (χ0n) is 11.3. The van der Waals surface area contributed by atoms with Crippen molar-refractivity contribution in [2.24, 2.45) is 4.99 Å². The summed E-state index contributed by atoms with van der Waals surface area (Å²) in [5.41, 5.74) is 3.66. The molecule has 3 heteroatoms. The first-order valence-electron chi connectivity index (χ1n) is 6.69. The Balaban J connectivity index is 1.73. The molecule has 0 amide bonds. The summed E-state index contributed by atoms with van der Waals surface area (Å²) in [5.74, 6) is 1.36. The number of ether oxygens (including phenoxy) is 1. The van der Waals surface area contributed by atoms with E-state index < -0.39 is 0 Å². The maximum Gasteiger partial charge on any atom is 0.118 e. The molecule has 1 heterocycles. The van der Waals surface area contributed by atoms with Crippen LogP contribution < -0.4 is 4.74 Å². The Morgan fingerprint density at radius 1 is 1.05 bits per heavy atom. The predicted octanol–water partition coefficient (Wildman–Crippen LogP) is 4.33. The maximum absolute atomic E-state index is 5.92. The van der Waals surface area contributed by atoms with Crippen molar-refractivity contribution in [3.05, 3.63) is 64.7 Å². The molecule has 0 aromatic heterocycles. The van der Waals surface area contributed by atoms with Crippen molar-refractivity contribution in [3.8, 4) is 5.75 Å². The van der Waals surface area contributed by atoms with Gasteiger partial charge < -0.3 is 4.74 Å². The molecule has 102 valence electrons. The molecule has 3 rings (SSSR count). The van der Waals surface area contributed by atoms with Crippen LogP contribution in [-0.4, -0.2) is 19.4 Å². The Morgan fingerprint density at radius 3 is 2.40 bits per heavy atom. The average Bonchev–Trinajstić information content (AvgIpc) is 2.98. The van der Waals surface area contributed by atoms with Crippen molar-refractivity contribution < 1.29 is 4.74 Å². The van der Waals surface area contributed by atoms with Gasteiger partial charge in [-0.05, 0) is 41.8 Å². The summed E-state index contributed by atoms with van der Waals surface area (Å²) in [6.07, 6.45) is 0.980. The number of methoxy groups -OCH3 is 1. The molecule has 0 radical (unpaired) electrons. The maximum atomic E-state index is 5.92. The normalized spacial score (nSPS) is 17.9. The third-order valence-electron chi connectivity index (χ3n) is 3.71. The van der Waals surface area contributed by atoms with Crippen molar-refractivity contribution in [2.45, 2.75) is 12.3 Å². The SMILES string of the molecule is COc1ccc(C2CN=C(c3ccc(Cl)cc3)C2)cc1. The lowest BCUT2D eigenvalue weighted by atomic mass is 9.94. The minimum atomic E-state index is 0.464. The van der Waals surface area contributed by atoms with E-state index in [1.54, 1.807) is 7.11 Å². The molecule has 0 bridgehead atoms. The smallest absolute Gasteiger partial charge is 0.118 e. The number of hydrogen-bond acceptors (Lipinski definition) is 2. The van der Waals surface area contributed by atoms with Crippen LogP contribution in [0.1, 0.15) is 23.5 Å². The van der Waals surface area contributed by atoms with E-state index in [2.05, 4.69) is 17.1 Å². The molecule has 2 nitrogen and oxygen atoms in total. The van der Waals surface area contributed by atoms with Crippen LogP contribution in [0.5, 0.6) is 5.75 Å². The van der Waals surface area contributed by atoms with E-state index >= 15 is 0 Å². The van der Waals surface area contributed by atoms with Crippen LogP contribution in [0.25, 0.3) is 0 Å². The quantitative estimate of drug-likeness (QED) is 0.823. The van der Waals surface area contributed by atoms with Crippen molar-refractivity contribution >= 4 is 17.3 Å². The monoisotopic (exact) mass is 285 g/mol. The molecule has 2 aromatic carbocycles. The van der Waals surface area contributed by atoms with Crippen LogP contribution in [0.2, 0.25) is 5.02 Å². The summed E-state index contributed by atoms with van der Waals surface area (Å²) in [6.45, 7) is 0.851. The molecular weight excluding hydrogens is 270 g/mol. The van der Waals surface area contributed by atoms with Gasteiger partial charge in [0.2, 0.25) is 0 Å². The molecular formula is C17H16ClNO. The number of rotatable bonds is 3. The molecule has 1 unspecified atom stereocenters. The summed E-state index contributed by atoms with van der Waals surface area (Å²) in [4.78, 5) is 4.68. The second kappa shape index (κ2) is 5.68. The molecule has 0 spiro atoms. The fourth-order valence-electron chi connectivity index (χ4n) is 2.53. The average molecular weight is 286 g/mol. The van der Waals surface area contributed by atoms with Crippen LogP contribution in [0.4, 0.5) is 0 Å². The van der Waals surface area contributed by atoms with Gasteiger partial charge in [0.15, 0.2) is 0 Å². The topological polar surface area (TPSA) is 21.6 Å². The molecule has 1 atom stereocenters. The molecule has 0 saturated heterocycles. The van der Waals surface area contributed by atoms with Crippen LogP contribution >= 0.6 is 11.6 Å². The van der Waals surface area contributed by atoms with Gasteiger partial charge in [-0.2, -0.15) is 0 Å². The second-order valence-electron chi connectivity index (χ2n) is 4.97. The highest BCUT2D eigenvalue weighted by Crippen LogP contribution is 2.29. The number of halogens is 1. The standard InChI is InChI=1S/C17H16ClNO/c1-20-16-8-4-12(5-9-16)14-10-17(19-11-14)13-2-6-15(18)7-3-13/h2-9,14H,10-11H2,1H3. The van der Waals surface area contributed by atoms with Gasteiger partial charge in [0.05, 0.1) is 7.11 Å². The number of aliphatic imine (C=N–C) groups is 1. The Hall–Kier alpha value is -1.80. The second-order valence-corrected chi connectivity index (χ2v) is 5.40. The van der Waals surface area contributed by atoms with Gasteiger partial charge in [-0.25, -0.2) is 0 Å². The third-order valence-corrected chi connectivity index (χ3v) is 3.96. The van der Waals surface area contributed by atoms with E-state index in [1.165, 1.54) is 16.8 Å². The predicted molar refractivity (Wildman–Crippen MR) is 83.2 cm³/mol. The molecule has 20 heavy (non-hydrogen) atoms. The third kappa shape index (κ3) is 2.70. The van der Waals surface area contributed by atoms with Crippen molar-refractivity contribution in [2.75, 3.05) is 13.7 Å². The fourth-order valence-corrected chi connectivity index (χ4v) is 2.66. The van der Waals surface area contributed by atoms with Gasteiger partial charge >= 0.3 is 0 Å². The largest absolute Gasteiger partial charge is 0.497 e. The first kappa shape index (κ1) is 13.2. The molecule has 0 fully saturated rings. The summed E-state index contributed by atoms with van der Waals surface area (Å²) in [6, 6.07) is 16.2. The molecule has 0 aliphatic carbocycles. The van der Waals surface area contributed by atoms with Crippen LogP contribution in [0.15, 0.2) is 53.5 Å². The number of nitrogens with zero attached hydrogens (tertiary/aromatic N) is 1. The first-order valence-corrected chi connectivity index (χ1v) is 7.07. The van der Waals surface area contributed by atoms with Gasteiger partial charge in [-0.3, -0.25) is 4.99 Å². The lowest BCUT2D eigenvalue weighted by molar-refractivity contribution is 0.414. The summed E-state index contributed by atoms with van der Waals surface area (Å²) >= 11 is 5.92. The van der Waals surface area contributed by atoms with Crippen LogP contribution in [0, 0.1) is 0 Å². The summed E-state index contributed by atoms with van der Waals surface area (Å²) in [5, 5.41) is 0.763. The Morgan fingerprint density at radius 2 is 1.75 bits per heavy atom. The Kier molecular flexibility index (Phi) is 3.75. The molecule has 1 aliphatic heterocycles. The van der Waals surface area contributed by atoms with Crippen LogP contribution in [-0.2, 0) is 0 Å². The van der Waals surface area contributed by atoms with Gasteiger partial charge in [0.1, 0.15) is 5.75 Å². The molecule has 0 N–H and O–H groups in total. The van der Waals surface area contributed by atoms with Gasteiger partial charge in [0, 0.05) is 23.2 Å². The van der Waals surface area contributed by atoms with E-state index in [-0.39, 0.29) is 0 Å². The van der Waals surface area contributed by atoms with E-state index in [1.807, 2.05) is 36.4 Å². The Labute approximate surface area is 124 Å². The number of hydrogen-bond donors (Lipinski definition) is 0. The molecule has 2 aromatic rings. The fraction of sp³-hybridized carbons (Fsp3) is 0.235. The van der Waals surface area contributed by atoms with Gasteiger partial charge in [0.25, 0.3) is 0 Å². The zero-order chi connectivity index (χ0) is 13.9.